The van der Waals surface area contributed by atoms with Gasteiger partial charge in [0.2, 0.25) is 11.8 Å². The van der Waals surface area contributed by atoms with Crippen LogP contribution < -0.4 is 11.1 Å². The third kappa shape index (κ3) is 5.83. The van der Waals surface area contributed by atoms with Crippen molar-refractivity contribution < 1.29 is 9.59 Å². The van der Waals surface area contributed by atoms with Gasteiger partial charge in [-0.25, -0.2) is 0 Å². The second-order valence-electron chi connectivity index (χ2n) is 5.78. The Morgan fingerprint density at radius 2 is 1.80 bits per heavy atom. The standard InChI is InChI=1S/C19H23N3O2S/c1-14-7-3-4-8-15(14)12-22(2)19(24)11-21-16-9-5-6-10-17(16)25-13-18(20)23/h3-10,21H,11-13H2,1-2H3,(H2,20,23). The first-order chi connectivity index (χ1) is 12.0. The van der Waals surface area contributed by atoms with E-state index in [1.54, 1.807) is 11.9 Å². The maximum Gasteiger partial charge on any atom is 0.241 e. The first kappa shape index (κ1) is 18.9. The van der Waals surface area contributed by atoms with E-state index in [-0.39, 0.29) is 24.1 Å². The molecular formula is C19H23N3O2S. The number of nitrogens with two attached hydrogens (primary N) is 1. The molecule has 0 fully saturated rings. The summed E-state index contributed by atoms with van der Waals surface area (Å²) < 4.78 is 0. The fraction of sp³-hybridized carbons (Fsp3) is 0.263. The Kier molecular flexibility index (Phi) is 6.89. The van der Waals surface area contributed by atoms with E-state index in [0.717, 1.165) is 16.1 Å². The highest BCUT2D eigenvalue weighted by molar-refractivity contribution is 8.00. The Morgan fingerprint density at radius 1 is 1.12 bits per heavy atom. The number of thioether (sulfide) groups is 1. The molecule has 3 N–H and O–H groups in total. The number of aryl methyl sites for hydroxylation is 1. The molecule has 0 saturated heterocycles. The number of likely N-dealkylation sites (N-methyl/N-ethyl adjacent to an activating group) is 1. The van der Waals surface area contributed by atoms with Crippen molar-refractivity contribution in [2.24, 2.45) is 5.73 Å². The predicted molar refractivity (Wildman–Crippen MR) is 103 cm³/mol. The van der Waals surface area contributed by atoms with Gasteiger partial charge < -0.3 is 16.0 Å². The van der Waals surface area contributed by atoms with Crippen LogP contribution in [0.4, 0.5) is 5.69 Å². The number of carbonyl (C=O) groups is 2. The molecule has 2 amide bonds. The number of amides is 2. The lowest BCUT2D eigenvalue weighted by molar-refractivity contribution is -0.128. The Bertz CT molecular complexity index is 749. The maximum atomic E-state index is 12.4. The molecule has 0 aliphatic rings. The number of rotatable bonds is 8. The van der Waals surface area contributed by atoms with E-state index in [1.807, 2.05) is 55.5 Å². The monoisotopic (exact) mass is 357 g/mol. The van der Waals surface area contributed by atoms with Crippen LogP contribution in [0.15, 0.2) is 53.4 Å². The van der Waals surface area contributed by atoms with Gasteiger partial charge in [0, 0.05) is 24.2 Å². The summed E-state index contributed by atoms with van der Waals surface area (Å²) in [6, 6.07) is 15.6. The van der Waals surface area contributed by atoms with E-state index in [1.165, 1.54) is 17.3 Å². The zero-order chi connectivity index (χ0) is 18.2. The fourth-order valence-electron chi connectivity index (χ4n) is 2.32. The predicted octanol–water partition coefficient (Wildman–Crippen LogP) is 2.64. The molecule has 25 heavy (non-hydrogen) atoms. The average Bonchev–Trinajstić information content (AvgIpc) is 2.60. The molecule has 0 aromatic heterocycles. The van der Waals surface area contributed by atoms with Gasteiger partial charge in [0.05, 0.1) is 12.3 Å². The van der Waals surface area contributed by atoms with Gasteiger partial charge in [0.15, 0.2) is 0 Å². The molecule has 0 saturated carbocycles. The molecule has 2 aromatic rings. The van der Waals surface area contributed by atoms with Gasteiger partial charge in [0.25, 0.3) is 0 Å². The zero-order valence-electron chi connectivity index (χ0n) is 14.5. The number of hydrogen-bond donors (Lipinski definition) is 2. The van der Waals surface area contributed by atoms with Crippen LogP contribution in [0.5, 0.6) is 0 Å². The number of primary amides is 1. The van der Waals surface area contributed by atoms with Crippen molar-refractivity contribution in [1.82, 2.24) is 4.90 Å². The number of benzene rings is 2. The summed E-state index contributed by atoms with van der Waals surface area (Å²) >= 11 is 1.36. The third-order valence-electron chi connectivity index (χ3n) is 3.78. The van der Waals surface area contributed by atoms with Crippen LogP contribution in [-0.4, -0.2) is 36.1 Å². The Morgan fingerprint density at radius 3 is 2.52 bits per heavy atom. The van der Waals surface area contributed by atoms with Crippen LogP contribution in [0.2, 0.25) is 0 Å². The quantitative estimate of drug-likeness (QED) is 0.712. The van der Waals surface area contributed by atoms with E-state index < -0.39 is 0 Å². The summed E-state index contributed by atoms with van der Waals surface area (Å²) in [7, 11) is 1.80. The second-order valence-corrected chi connectivity index (χ2v) is 6.80. The molecule has 6 heteroatoms. The lowest BCUT2D eigenvalue weighted by Gasteiger charge is -2.19. The number of anilines is 1. The summed E-state index contributed by atoms with van der Waals surface area (Å²) in [5.74, 6) is -0.161. The van der Waals surface area contributed by atoms with E-state index in [4.69, 9.17) is 5.73 Å². The molecule has 0 aliphatic carbocycles. The SMILES string of the molecule is Cc1ccccc1CN(C)C(=O)CNc1ccccc1SCC(N)=O. The molecule has 5 nitrogen and oxygen atoms in total. The Balaban J connectivity index is 1.93. The van der Waals surface area contributed by atoms with Gasteiger partial charge in [-0.05, 0) is 30.2 Å². The minimum Gasteiger partial charge on any atom is -0.375 e. The number of nitrogens with zero attached hydrogens (tertiary/aromatic N) is 1. The van der Waals surface area contributed by atoms with Gasteiger partial charge in [-0.15, -0.1) is 11.8 Å². The van der Waals surface area contributed by atoms with Crippen molar-refractivity contribution in [1.29, 1.82) is 0 Å². The van der Waals surface area contributed by atoms with Crippen molar-refractivity contribution in [2.75, 3.05) is 24.7 Å². The zero-order valence-corrected chi connectivity index (χ0v) is 15.3. The van der Waals surface area contributed by atoms with E-state index in [0.29, 0.717) is 6.54 Å². The van der Waals surface area contributed by atoms with Crippen LogP contribution in [0.1, 0.15) is 11.1 Å². The molecule has 2 aromatic carbocycles. The molecule has 0 heterocycles. The maximum absolute atomic E-state index is 12.4. The van der Waals surface area contributed by atoms with Gasteiger partial charge in [0.1, 0.15) is 0 Å². The molecule has 0 bridgehead atoms. The highest BCUT2D eigenvalue weighted by atomic mass is 32.2. The largest absolute Gasteiger partial charge is 0.375 e. The molecule has 0 spiro atoms. The minimum absolute atomic E-state index is 0.00189. The van der Waals surface area contributed by atoms with Crippen molar-refractivity contribution >= 4 is 29.3 Å². The normalized spacial score (nSPS) is 10.3. The number of nitrogens with one attached hydrogen (secondary N) is 1. The van der Waals surface area contributed by atoms with E-state index >= 15 is 0 Å². The molecule has 0 radical (unpaired) electrons. The number of para-hydroxylation sites is 1. The first-order valence-corrected chi connectivity index (χ1v) is 8.98. The first-order valence-electron chi connectivity index (χ1n) is 8.00. The average molecular weight is 357 g/mol. The van der Waals surface area contributed by atoms with Crippen LogP contribution in [0, 0.1) is 6.92 Å². The number of hydrogen-bond acceptors (Lipinski definition) is 4. The van der Waals surface area contributed by atoms with Crippen LogP contribution in [0.25, 0.3) is 0 Å². The lowest BCUT2D eigenvalue weighted by atomic mass is 10.1. The van der Waals surface area contributed by atoms with Gasteiger partial charge in [-0.1, -0.05) is 36.4 Å². The van der Waals surface area contributed by atoms with Gasteiger partial charge in [-0.3, -0.25) is 9.59 Å². The minimum atomic E-state index is -0.367. The summed E-state index contributed by atoms with van der Waals surface area (Å²) in [4.78, 5) is 26.0. The number of carbonyl (C=O) groups excluding carboxylic acids is 2. The molecular weight excluding hydrogens is 334 g/mol. The van der Waals surface area contributed by atoms with Gasteiger partial charge >= 0.3 is 0 Å². The molecule has 0 atom stereocenters. The highest BCUT2D eigenvalue weighted by Gasteiger charge is 2.11. The fourth-order valence-corrected chi connectivity index (χ4v) is 3.09. The van der Waals surface area contributed by atoms with Crippen molar-refractivity contribution in [3.05, 3.63) is 59.7 Å². The summed E-state index contributed by atoms with van der Waals surface area (Å²) in [6.45, 7) is 2.81. The molecule has 0 aliphatic heterocycles. The topological polar surface area (TPSA) is 75.4 Å². The summed E-state index contributed by atoms with van der Waals surface area (Å²) in [5.41, 5.74) is 8.33. The second kappa shape index (κ2) is 9.13. The summed E-state index contributed by atoms with van der Waals surface area (Å²) in [6.07, 6.45) is 0. The van der Waals surface area contributed by atoms with E-state index in [2.05, 4.69) is 5.32 Å². The van der Waals surface area contributed by atoms with Crippen molar-refractivity contribution in [3.63, 3.8) is 0 Å². The lowest BCUT2D eigenvalue weighted by Crippen LogP contribution is -2.32. The highest BCUT2D eigenvalue weighted by Crippen LogP contribution is 2.26. The Labute approximate surface area is 152 Å². The van der Waals surface area contributed by atoms with Crippen LogP contribution in [-0.2, 0) is 16.1 Å². The van der Waals surface area contributed by atoms with Crippen LogP contribution >= 0.6 is 11.8 Å². The smallest absolute Gasteiger partial charge is 0.241 e. The Hall–Kier alpha value is -2.47. The molecule has 2 rings (SSSR count). The van der Waals surface area contributed by atoms with E-state index in [9.17, 15) is 9.59 Å². The molecule has 0 unspecified atom stereocenters. The molecule has 132 valence electrons. The van der Waals surface area contributed by atoms with Crippen LogP contribution in [0.3, 0.4) is 0 Å². The van der Waals surface area contributed by atoms with Crippen molar-refractivity contribution in [2.45, 2.75) is 18.4 Å². The van der Waals surface area contributed by atoms with Crippen molar-refractivity contribution in [3.8, 4) is 0 Å². The van der Waals surface area contributed by atoms with Gasteiger partial charge in [-0.2, -0.15) is 0 Å². The third-order valence-corrected chi connectivity index (χ3v) is 4.88. The summed E-state index contributed by atoms with van der Waals surface area (Å²) in [5, 5.41) is 3.15.